The van der Waals surface area contributed by atoms with Crippen molar-refractivity contribution in [2.45, 2.75) is 100 Å². The zero-order valence-electron chi connectivity index (χ0n) is 23.5. The Labute approximate surface area is 222 Å². The second kappa shape index (κ2) is 24.9. The summed E-state index contributed by atoms with van der Waals surface area (Å²) >= 11 is 5.29. The van der Waals surface area contributed by atoms with Crippen molar-refractivity contribution < 1.29 is 0 Å². The van der Waals surface area contributed by atoms with Gasteiger partial charge in [0.05, 0.1) is 5.69 Å². The Morgan fingerprint density at radius 2 is 1.76 bits per heavy atom. The van der Waals surface area contributed by atoms with Crippen molar-refractivity contribution >= 4 is 30.1 Å². The van der Waals surface area contributed by atoms with Crippen molar-refractivity contribution in [1.29, 1.82) is 0 Å². The molecule has 0 amide bonds. The minimum absolute atomic E-state index is 0.935. The molecule has 2 nitrogen and oxygen atoms in total. The highest BCUT2D eigenvalue weighted by Crippen LogP contribution is 2.25. The Hall–Kier alpha value is -1.26. The van der Waals surface area contributed by atoms with Gasteiger partial charge in [-0.2, -0.15) is 12.6 Å². The van der Waals surface area contributed by atoms with Gasteiger partial charge < -0.3 is 0 Å². The largest absolute Gasteiger partial charge is 0.183 e. The molecular formula is C30H52N2S2. The van der Waals surface area contributed by atoms with Gasteiger partial charge in [-0.25, -0.2) is 0 Å². The molecule has 0 atom stereocenters. The van der Waals surface area contributed by atoms with Crippen molar-refractivity contribution in [3.05, 3.63) is 64.2 Å². The first kappa shape index (κ1) is 34.9. The molecule has 0 unspecified atom stereocenters. The monoisotopic (exact) mass is 504 g/mol. The summed E-state index contributed by atoms with van der Waals surface area (Å²) in [6.45, 7) is 17.1. The van der Waals surface area contributed by atoms with E-state index < -0.39 is 0 Å². The summed E-state index contributed by atoms with van der Waals surface area (Å²) in [6, 6.07) is 6.52. The normalized spacial score (nSPS) is 12.8. The standard InChI is InChI=1S/C21H28N2S.C6H14.C2H6.CH4S/c1-4-15-24-21(5-2)23-22-20-14-13-19(16-17(20)3)12-11-18-9-7-6-8-10-18;1-4-6(3)5-2;2*1-2/h5,7,9-10,13-14,16H,4,6,8,11-12,15H2,1-3H3;6H,4-5H2,1-3H3;1-2H3;2H,1H3/b21-5-,23-22?;;;. The van der Waals surface area contributed by atoms with Gasteiger partial charge >= 0.3 is 0 Å². The molecule has 1 aliphatic rings. The SMILES string of the molecule is C/C=C(/N=Nc1ccc(CCC2=CCCC=C2)cc1C)SCCC.CC.CCC(C)CC.CS. The van der Waals surface area contributed by atoms with Crippen LogP contribution in [0.25, 0.3) is 0 Å². The Kier molecular flexibility index (Phi) is 25.5. The number of azo groups is 1. The maximum absolute atomic E-state index is 4.43. The maximum atomic E-state index is 4.43. The van der Waals surface area contributed by atoms with E-state index in [2.05, 4.69) is 93.9 Å². The summed E-state index contributed by atoms with van der Waals surface area (Å²) in [5, 5.41) is 9.82. The summed E-state index contributed by atoms with van der Waals surface area (Å²) in [7, 11) is 0. The van der Waals surface area contributed by atoms with Crippen molar-refractivity contribution in [3.8, 4) is 0 Å². The molecule has 0 heterocycles. The highest BCUT2D eigenvalue weighted by atomic mass is 32.2. The fourth-order valence-electron chi connectivity index (χ4n) is 2.90. The van der Waals surface area contributed by atoms with Crippen LogP contribution < -0.4 is 0 Å². The smallest absolute Gasteiger partial charge is 0.114 e. The molecule has 0 spiro atoms. The quantitative estimate of drug-likeness (QED) is 0.249. The van der Waals surface area contributed by atoms with Crippen LogP contribution in [0.2, 0.25) is 0 Å². The average Bonchev–Trinajstić information content (AvgIpc) is 2.91. The second-order valence-corrected chi connectivity index (χ2v) is 9.09. The predicted octanol–water partition coefficient (Wildman–Crippen LogP) is 11.3. The minimum Gasteiger partial charge on any atom is -0.183 e. The lowest BCUT2D eigenvalue weighted by atomic mass is 9.99. The Morgan fingerprint density at radius 3 is 2.24 bits per heavy atom. The molecule has 0 aromatic heterocycles. The highest BCUT2D eigenvalue weighted by molar-refractivity contribution is 8.03. The lowest BCUT2D eigenvalue weighted by Gasteiger charge is -2.08. The van der Waals surface area contributed by atoms with Crippen LogP contribution in [0.4, 0.5) is 5.69 Å². The molecule has 0 bridgehead atoms. The molecule has 2 rings (SSSR count). The van der Waals surface area contributed by atoms with E-state index in [-0.39, 0.29) is 0 Å². The molecule has 1 aromatic carbocycles. The first-order valence-corrected chi connectivity index (χ1v) is 15.0. The third kappa shape index (κ3) is 17.2. The molecule has 194 valence electrons. The molecule has 0 N–H and O–H groups in total. The highest BCUT2D eigenvalue weighted by Gasteiger charge is 2.03. The Balaban J connectivity index is 0. The fraction of sp³-hybridized carbons (Fsp3) is 0.600. The number of allylic oxidation sites excluding steroid dienone is 5. The van der Waals surface area contributed by atoms with Gasteiger partial charge in [0, 0.05) is 0 Å². The molecule has 1 aliphatic carbocycles. The molecule has 34 heavy (non-hydrogen) atoms. The van der Waals surface area contributed by atoms with E-state index in [4.69, 9.17) is 0 Å². The molecule has 1 aromatic rings. The number of thioether (sulfide) groups is 1. The Morgan fingerprint density at radius 1 is 1.09 bits per heavy atom. The van der Waals surface area contributed by atoms with E-state index in [0.717, 1.165) is 41.6 Å². The van der Waals surface area contributed by atoms with Crippen molar-refractivity contribution in [1.82, 2.24) is 0 Å². The minimum atomic E-state index is 0.935. The van der Waals surface area contributed by atoms with Crippen LogP contribution >= 0.6 is 24.4 Å². The summed E-state index contributed by atoms with van der Waals surface area (Å²) in [5.41, 5.74) is 5.00. The van der Waals surface area contributed by atoms with Crippen molar-refractivity contribution in [2.75, 3.05) is 12.0 Å². The van der Waals surface area contributed by atoms with E-state index >= 15 is 0 Å². The summed E-state index contributed by atoms with van der Waals surface area (Å²) in [6.07, 6.45) is 19.0. The van der Waals surface area contributed by atoms with Gasteiger partial charge in [0.15, 0.2) is 0 Å². The number of aryl methyl sites for hydroxylation is 2. The molecule has 0 saturated heterocycles. The Bertz CT molecular complexity index is 729. The second-order valence-electron chi connectivity index (χ2n) is 7.98. The predicted molar refractivity (Wildman–Crippen MR) is 163 cm³/mol. The lowest BCUT2D eigenvalue weighted by molar-refractivity contribution is 0.544. The van der Waals surface area contributed by atoms with E-state index in [1.807, 2.05) is 26.8 Å². The van der Waals surface area contributed by atoms with Crippen LogP contribution in [0.15, 0.2) is 63.3 Å². The van der Waals surface area contributed by atoms with Crippen LogP contribution in [0.5, 0.6) is 0 Å². The number of thiol groups is 1. The molecule has 0 saturated carbocycles. The van der Waals surface area contributed by atoms with Crippen LogP contribution in [0, 0.1) is 12.8 Å². The number of nitrogens with zero attached hydrogens (tertiary/aromatic N) is 2. The molecule has 4 heteroatoms. The fourth-order valence-corrected chi connectivity index (χ4v) is 3.57. The number of benzene rings is 1. The van der Waals surface area contributed by atoms with Crippen LogP contribution in [0.1, 0.15) is 98.1 Å². The van der Waals surface area contributed by atoms with Crippen molar-refractivity contribution in [3.63, 3.8) is 0 Å². The first-order chi connectivity index (χ1) is 16.5. The maximum Gasteiger partial charge on any atom is 0.114 e. The number of hydrogen-bond acceptors (Lipinski definition) is 4. The third-order valence-corrected chi connectivity index (χ3v) is 6.61. The summed E-state index contributed by atoms with van der Waals surface area (Å²) in [5.74, 6) is 2.02. The average molecular weight is 505 g/mol. The molecular weight excluding hydrogens is 452 g/mol. The number of rotatable bonds is 10. The van der Waals surface area contributed by atoms with Gasteiger partial charge in [0.25, 0.3) is 0 Å². The van der Waals surface area contributed by atoms with E-state index in [9.17, 15) is 0 Å². The third-order valence-electron chi connectivity index (χ3n) is 5.39. The van der Waals surface area contributed by atoms with Crippen LogP contribution in [0.3, 0.4) is 0 Å². The summed E-state index contributed by atoms with van der Waals surface area (Å²) < 4.78 is 0. The zero-order valence-corrected chi connectivity index (χ0v) is 25.2. The van der Waals surface area contributed by atoms with E-state index in [0.29, 0.717) is 0 Å². The van der Waals surface area contributed by atoms with Gasteiger partial charge in [-0.05, 0) is 81.1 Å². The topological polar surface area (TPSA) is 24.7 Å². The van der Waals surface area contributed by atoms with Gasteiger partial charge in [0.1, 0.15) is 5.03 Å². The molecule has 0 fully saturated rings. The van der Waals surface area contributed by atoms with Gasteiger partial charge in [-0.1, -0.05) is 96.4 Å². The van der Waals surface area contributed by atoms with E-state index in [1.54, 1.807) is 18.0 Å². The van der Waals surface area contributed by atoms with Gasteiger partial charge in [-0.3, -0.25) is 0 Å². The summed E-state index contributed by atoms with van der Waals surface area (Å²) in [4.78, 5) is 0. The molecule has 0 aliphatic heterocycles. The van der Waals surface area contributed by atoms with Gasteiger partial charge in [0.2, 0.25) is 0 Å². The van der Waals surface area contributed by atoms with Crippen LogP contribution in [-0.2, 0) is 6.42 Å². The zero-order chi connectivity index (χ0) is 26.2. The van der Waals surface area contributed by atoms with Crippen molar-refractivity contribution in [2.24, 2.45) is 16.1 Å². The first-order valence-electron chi connectivity index (χ1n) is 13.1. The van der Waals surface area contributed by atoms with E-state index in [1.165, 1.54) is 42.4 Å². The van der Waals surface area contributed by atoms with Gasteiger partial charge in [-0.15, -0.1) is 22.0 Å². The number of hydrogen-bond donors (Lipinski definition) is 1. The van der Waals surface area contributed by atoms with Crippen LogP contribution in [-0.4, -0.2) is 12.0 Å². The molecule has 0 radical (unpaired) electrons. The lowest BCUT2D eigenvalue weighted by Crippen LogP contribution is -1.91.